The summed E-state index contributed by atoms with van der Waals surface area (Å²) in [4.78, 5) is -0.000711. The van der Waals surface area contributed by atoms with E-state index < -0.39 is 20.8 Å². The van der Waals surface area contributed by atoms with E-state index in [2.05, 4.69) is 15.9 Å². The van der Waals surface area contributed by atoms with Crippen molar-refractivity contribution in [3.8, 4) is 0 Å². The van der Waals surface area contributed by atoms with Gasteiger partial charge in [-0.1, -0.05) is 0 Å². The molecule has 0 aliphatic carbocycles. The fourth-order valence-electron chi connectivity index (χ4n) is 1.65. The van der Waals surface area contributed by atoms with Crippen molar-refractivity contribution in [2.24, 2.45) is 0 Å². The summed E-state index contributed by atoms with van der Waals surface area (Å²) in [5.74, 6) is 0.879. The van der Waals surface area contributed by atoms with Crippen LogP contribution in [0.1, 0.15) is 5.76 Å². The first-order valence-electron chi connectivity index (χ1n) is 5.19. The summed E-state index contributed by atoms with van der Waals surface area (Å²) in [6.45, 7) is 0.111. The number of furan rings is 1. The maximum Gasteiger partial charge on any atom is 0.247 e. The fourth-order valence-corrected chi connectivity index (χ4v) is 5.34. The zero-order valence-corrected chi connectivity index (χ0v) is 12.6. The van der Waals surface area contributed by atoms with Crippen molar-refractivity contribution in [2.75, 3.05) is 24.6 Å². The maximum atomic E-state index is 12.3. The van der Waals surface area contributed by atoms with E-state index in [-0.39, 0.29) is 35.0 Å². The molecule has 0 atom stereocenters. The zero-order chi connectivity index (χ0) is 13.3. The molecule has 1 fully saturated rings. The lowest BCUT2D eigenvalue weighted by Gasteiger charge is -2.24. The molecule has 1 N–H and O–H groups in total. The van der Waals surface area contributed by atoms with Crippen LogP contribution in [-0.4, -0.2) is 46.6 Å². The zero-order valence-electron chi connectivity index (χ0n) is 9.33. The van der Waals surface area contributed by atoms with Crippen molar-refractivity contribution in [3.05, 3.63) is 16.5 Å². The Bertz CT molecular complexity index is 558. The minimum atomic E-state index is -3.66. The average Bonchev–Trinajstić information content (AvgIpc) is 2.72. The number of nitrogens with zero attached hydrogens (tertiary/aromatic N) is 1. The molecule has 9 heteroatoms. The van der Waals surface area contributed by atoms with Crippen molar-refractivity contribution in [3.63, 3.8) is 0 Å². The maximum absolute atomic E-state index is 12.3. The van der Waals surface area contributed by atoms with Gasteiger partial charge in [-0.2, -0.15) is 4.31 Å². The van der Waals surface area contributed by atoms with Gasteiger partial charge >= 0.3 is 0 Å². The Morgan fingerprint density at radius 3 is 2.56 bits per heavy atom. The van der Waals surface area contributed by atoms with Crippen LogP contribution in [0.25, 0.3) is 0 Å². The average molecular weight is 358 g/mol. The fraction of sp³-hybridized carbons (Fsp3) is 0.556. The summed E-state index contributed by atoms with van der Waals surface area (Å²) in [6.07, 6.45) is 0. The van der Waals surface area contributed by atoms with Crippen molar-refractivity contribution >= 4 is 36.8 Å². The Morgan fingerprint density at radius 2 is 2.06 bits per heavy atom. The molecule has 0 unspecified atom stereocenters. The first kappa shape index (κ1) is 14.2. The molecule has 0 bridgehead atoms. The van der Waals surface area contributed by atoms with E-state index in [9.17, 15) is 12.6 Å². The van der Waals surface area contributed by atoms with Gasteiger partial charge in [0.2, 0.25) is 10.0 Å². The molecule has 1 aromatic rings. The van der Waals surface area contributed by atoms with Gasteiger partial charge in [-0.25, -0.2) is 8.42 Å². The van der Waals surface area contributed by atoms with Crippen LogP contribution in [0, 0.1) is 0 Å². The summed E-state index contributed by atoms with van der Waals surface area (Å²) in [6, 6.07) is 1.30. The molecular weight excluding hydrogens is 346 g/mol. The monoisotopic (exact) mass is 357 g/mol. The van der Waals surface area contributed by atoms with E-state index in [4.69, 9.17) is 9.52 Å². The normalized spacial score (nSPS) is 19.2. The lowest BCUT2D eigenvalue weighted by Crippen LogP contribution is -2.41. The SMILES string of the molecule is O=S1CCN(S(=O)(=O)c2cc(CO)oc2Br)CC1. The van der Waals surface area contributed by atoms with E-state index in [0.29, 0.717) is 11.5 Å². The van der Waals surface area contributed by atoms with E-state index in [1.807, 2.05) is 0 Å². The molecule has 0 saturated carbocycles. The highest BCUT2D eigenvalue weighted by atomic mass is 79.9. The van der Waals surface area contributed by atoms with Crippen LogP contribution in [0.15, 0.2) is 20.0 Å². The van der Waals surface area contributed by atoms with Crippen LogP contribution in [0.2, 0.25) is 0 Å². The molecule has 1 saturated heterocycles. The minimum absolute atomic E-state index is 0.000711. The van der Waals surface area contributed by atoms with E-state index >= 15 is 0 Å². The Morgan fingerprint density at radius 1 is 1.44 bits per heavy atom. The van der Waals surface area contributed by atoms with Gasteiger partial charge in [0.1, 0.15) is 17.3 Å². The minimum Gasteiger partial charge on any atom is -0.450 e. The molecule has 18 heavy (non-hydrogen) atoms. The Hall–Kier alpha value is -0.220. The van der Waals surface area contributed by atoms with Crippen molar-refractivity contribution in [2.45, 2.75) is 11.5 Å². The first-order valence-corrected chi connectivity index (χ1v) is 8.91. The van der Waals surface area contributed by atoms with Gasteiger partial charge in [-0.15, -0.1) is 0 Å². The van der Waals surface area contributed by atoms with E-state index in [0.717, 1.165) is 0 Å². The number of aliphatic hydroxyl groups is 1. The highest BCUT2D eigenvalue weighted by Gasteiger charge is 2.31. The number of sulfonamides is 1. The summed E-state index contributed by atoms with van der Waals surface area (Å²) >= 11 is 3.03. The third kappa shape index (κ3) is 2.69. The van der Waals surface area contributed by atoms with Crippen molar-refractivity contribution in [1.82, 2.24) is 4.31 Å². The summed E-state index contributed by atoms with van der Waals surface area (Å²) in [5, 5.41) is 8.92. The van der Waals surface area contributed by atoms with Gasteiger partial charge in [0.25, 0.3) is 0 Å². The summed E-state index contributed by atoms with van der Waals surface area (Å²) in [5.41, 5.74) is 0. The van der Waals surface area contributed by atoms with Crippen LogP contribution in [-0.2, 0) is 27.4 Å². The molecule has 1 aliphatic heterocycles. The lowest BCUT2D eigenvalue weighted by atomic mass is 10.5. The summed E-state index contributed by atoms with van der Waals surface area (Å²) in [7, 11) is -4.59. The van der Waals surface area contributed by atoms with Gasteiger partial charge in [-0.3, -0.25) is 4.21 Å². The van der Waals surface area contributed by atoms with Gasteiger partial charge in [0, 0.05) is 41.5 Å². The molecule has 0 radical (unpaired) electrons. The highest BCUT2D eigenvalue weighted by Crippen LogP contribution is 2.29. The second-order valence-electron chi connectivity index (χ2n) is 3.76. The number of hydrogen-bond acceptors (Lipinski definition) is 5. The first-order chi connectivity index (χ1) is 8.45. The topological polar surface area (TPSA) is 87.8 Å². The molecule has 0 aromatic carbocycles. The van der Waals surface area contributed by atoms with Crippen molar-refractivity contribution < 1.29 is 22.2 Å². The van der Waals surface area contributed by atoms with Crippen LogP contribution < -0.4 is 0 Å². The third-order valence-corrected chi connectivity index (χ3v) is 6.65. The Kier molecular flexibility index (Phi) is 4.27. The quantitative estimate of drug-likeness (QED) is 0.839. The van der Waals surface area contributed by atoms with E-state index in [1.54, 1.807) is 0 Å². The van der Waals surface area contributed by atoms with Crippen LogP contribution in [0.3, 0.4) is 0 Å². The van der Waals surface area contributed by atoms with Gasteiger partial charge in [0.15, 0.2) is 4.67 Å². The molecule has 102 valence electrons. The molecule has 6 nitrogen and oxygen atoms in total. The molecule has 0 spiro atoms. The predicted molar refractivity (Wildman–Crippen MR) is 69.0 cm³/mol. The molecule has 2 heterocycles. The number of aliphatic hydroxyl groups excluding tert-OH is 1. The molecule has 2 rings (SSSR count). The Balaban J connectivity index is 2.30. The predicted octanol–water partition coefficient (Wildman–Crippen LogP) is 0.287. The number of rotatable bonds is 3. The largest absolute Gasteiger partial charge is 0.450 e. The molecule has 0 amide bonds. The lowest BCUT2D eigenvalue weighted by molar-refractivity contribution is 0.245. The molecule has 1 aliphatic rings. The van der Waals surface area contributed by atoms with Crippen LogP contribution in [0.4, 0.5) is 0 Å². The standard InChI is InChI=1S/C9H12BrNO5S2/c10-9-8(5-7(6-12)16-9)18(14,15)11-1-3-17(13)4-2-11/h5,12H,1-4,6H2. The molecular formula is C9H12BrNO5S2. The third-order valence-electron chi connectivity index (χ3n) is 2.62. The van der Waals surface area contributed by atoms with Gasteiger partial charge in [-0.05, 0) is 15.9 Å². The van der Waals surface area contributed by atoms with Crippen LogP contribution >= 0.6 is 15.9 Å². The second-order valence-corrected chi connectivity index (χ2v) is 8.08. The number of halogens is 1. The second kappa shape index (κ2) is 5.41. The Labute approximate surface area is 116 Å². The van der Waals surface area contributed by atoms with E-state index in [1.165, 1.54) is 10.4 Å². The number of hydrogen-bond donors (Lipinski definition) is 1. The smallest absolute Gasteiger partial charge is 0.247 e. The molecule has 1 aromatic heterocycles. The van der Waals surface area contributed by atoms with Crippen molar-refractivity contribution in [1.29, 1.82) is 0 Å². The van der Waals surface area contributed by atoms with Gasteiger partial charge < -0.3 is 9.52 Å². The van der Waals surface area contributed by atoms with Crippen LogP contribution in [0.5, 0.6) is 0 Å². The van der Waals surface area contributed by atoms with Gasteiger partial charge in [0.05, 0.1) is 0 Å². The highest BCUT2D eigenvalue weighted by molar-refractivity contribution is 9.10. The summed E-state index contributed by atoms with van der Waals surface area (Å²) < 4.78 is 42.2.